The number of anilines is 2. The monoisotopic (exact) mass is 320 g/mol. The zero-order valence-corrected chi connectivity index (χ0v) is 12.2. The molecule has 0 atom stereocenters. The van der Waals surface area contributed by atoms with E-state index in [1.54, 1.807) is 7.05 Å². The Kier molecular flexibility index (Phi) is 4.11. The van der Waals surface area contributed by atoms with Crippen LogP contribution in [0.3, 0.4) is 0 Å². The Morgan fingerprint density at radius 2 is 2.05 bits per heavy atom. The van der Waals surface area contributed by atoms with Gasteiger partial charge in [0.2, 0.25) is 0 Å². The van der Waals surface area contributed by atoms with Crippen LogP contribution in [0.2, 0.25) is 0 Å². The lowest BCUT2D eigenvalue weighted by atomic mass is 10.2. The van der Waals surface area contributed by atoms with Gasteiger partial charge >= 0.3 is 0 Å². The molecule has 2 N–H and O–H groups in total. The molecular weight excluding hydrogens is 308 g/mol. The first-order valence-corrected chi connectivity index (χ1v) is 6.47. The molecule has 1 amide bonds. The Balaban J connectivity index is 2.13. The molecule has 0 bridgehead atoms. The number of nitrogens with one attached hydrogen (secondary N) is 2. The van der Waals surface area contributed by atoms with Gasteiger partial charge in [0.25, 0.3) is 5.91 Å². The SMILES string of the molecule is CNc1cnc(C(=O)Nc2ccc(Br)c(C)c2)cn1. The molecule has 1 aromatic heterocycles. The Morgan fingerprint density at radius 1 is 1.26 bits per heavy atom. The van der Waals surface area contributed by atoms with Crippen LogP contribution in [-0.2, 0) is 0 Å². The van der Waals surface area contributed by atoms with Crippen LogP contribution in [0, 0.1) is 6.92 Å². The number of carbonyl (C=O) groups excluding carboxylic acids is 1. The second-order valence-corrected chi connectivity index (χ2v) is 4.81. The van der Waals surface area contributed by atoms with E-state index in [1.165, 1.54) is 12.4 Å². The summed E-state index contributed by atoms with van der Waals surface area (Å²) < 4.78 is 1.00. The molecular formula is C13H13BrN4O. The van der Waals surface area contributed by atoms with Gasteiger partial charge in [-0.3, -0.25) is 4.79 Å². The second-order valence-electron chi connectivity index (χ2n) is 3.95. The molecule has 0 radical (unpaired) electrons. The molecule has 0 spiro atoms. The summed E-state index contributed by atoms with van der Waals surface area (Å²) in [4.78, 5) is 20.1. The number of aryl methyl sites for hydroxylation is 1. The molecule has 0 aliphatic rings. The summed E-state index contributed by atoms with van der Waals surface area (Å²) in [6.45, 7) is 1.96. The number of amides is 1. The van der Waals surface area contributed by atoms with Gasteiger partial charge in [-0.25, -0.2) is 9.97 Å². The van der Waals surface area contributed by atoms with Crippen LogP contribution in [0.5, 0.6) is 0 Å². The summed E-state index contributed by atoms with van der Waals surface area (Å²) in [5, 5.41) is 5.63. The molecule has 19 heavy (non-hydrogen) atoms. The van der Waals surface area contributed by atoms with Gasteiger partial charge < -0.3 is 10.6 Å². The van der Waals surface area contributed by atoms with E-state index in [2.05, 4.69) is 36.5 Å². The fraction of sp³-hybridized carbons (Fsp3) is 0.154. The minimum Gasteiger partial charge on any atom is -0.372 e. The van der Waals surface area contributed by atoms with Crippen molar-refractivity contribution in [2.24, 2.45) is 0 Å². The predicted molar refractivity (Wildman–Crippen MR) is 78.4 cm³/mol. The fourth-order valence-corrected chi connectivity index (χ4v) is 1.74. The predicted octanol–water partition coefficient (Wildman–Crippen LogP) is 2.84. The highest BCUT2D eigenvalue weighted by molar-refractivity contribution is 9.10. The van der Waals surface area contributed by atoms with Gasteiger partial charge in [0.15, 0.2) is 0 Å². The standard InChI is InChI=1S/C13H13BrN4O/c1-8-5-9(3-4-10(8)14)18-13(19)11-6-17-12(15-2)7-16-11/h3-7H,1-2H3,(H,15,17)(H,18,19). The number of hydrogen-bond donors (Lipinski definition) is 2. The van der Waals surface area contributed by atoms with Gasteiger partial charge in [-0.1, -0.05) is 15.9 Å². The fourth-order valence-electron chi connectivity index (χ4n) is 1.49. The maximum Gasteiger partial charge on any atom is 0.275 e. The number of halogens is 1. The highest BCUT2D eigenvalue weighted by Crippen LogP contribution is 2.20. The first-order valence-electron chi connectivity index (χ1n) is 5.67. The number of hydrogen-bond acceptors (Lipinski definition) is 4. The zero-order valence-electron chi connectivity index (χ0n) is 10.6. The van der Waals surface area contributed by atoms with Crippen LogP contribution >= 0.6 is 15.9 Å². The number of benzene rings is 1. The molecule has 0 saturated heterocycles. The summed E-state index contributed by atoms with van der Waals surface area (Å²) in [6.07, 6.45) is 2.95. The van der Waals surface area contributed by atoms with E-state index in [1.807, 2.05) is 25.1 Å². The van der Waals surface area contributed by atoms with E-state index in [0.29, 0.717) is 5.82 Å². The molecule has 5 nitrogen and oxygen atoms in total. The summed E-state index contributed by atoms with van der Waals surface area (Å²) in [5.74, 6) is 0.341. The van der Waals surface area contributed by atoms with Crippen molar-refractivity contribution < 1.29 is 4.79 Å². The van der Waals surface area contributed by atoms with Crippen LogP contribution in [0.4, 0.5) is 11.5 Å². The van der Waals surface area contributed by atoms with Crippen molar-refractivity contribution in [1.29, 1.82) is 0 Å². The van der Waals surface area contributed by atoms with E-state index in [4.69, 9.17) is 0 Å². The molecule has 0 unspecified atom stereocenters. The third kappa shape index (κ3) is 3.29. The van der Waals surface area contributed by atoms with Crippen molar-refractivity contribution in [3.05, 3.63) is 46.3 Å². The lowest BCUT2D eigenvalue weighted by molar-refractivity contribution is 0.102. The van der Waals surface area contributed by atoms with Crippen molar-refractivity contribution in [3.63, 3.8) is 0 Å². The third-order valence-electron chi connectivity index (χ3n) is 2.56. The molecule has 1 aromatic carbocycles. The smallest absolute Gasteiger partial charge is 0.275 e. The summed E-state index contributed by atoms with van der Waals surface area (Å²) >= 11 is 3.41. The first-order chi connectivity index (χ1) is 9.10. The maximum atomic E-state index is 12.0. The van der Waals surface area contributed by atoms with Crippen LogP contribution < -0.4 is 10.6 Å². The first kappa shape index (κ1) is 13.5. The van der Waals surface area contributed by atoms with Crippen LogP contribution in [0.15, 0.2) is 35.1 Å². The van der Waals surface area contributed by atoms with Gasteiger partial charge in [-0.05, 0) is 30.7 Å². The van der Waals surface area contributed by atoms with Gasteiger partial charge in [-0.15, -0.1) is 0 Å². The molecule has 6 heteroatoms. The topological polar surface area (TPSA) is 66.9 Å². The molecule has 0 saturated carbocycles. The Labute approximate surface area is 119 Å². The highest BCUT2D eigenvalue weighted by Gasteiger charge is 2.08. The Bertz CT molecular complexity index is 598. The minimum atomic E-state index is -0.281. The quantitative estimate of drug-likeness (QED) is 0.912. The number of nitrogens with zero attached hydrogens (tertiary/aromatic N) is 2. The average Bonchev–Trinajstić information content (AvgIpc) is 2.43. The van der Waals surface area contributed by atoms with Gasteiger partial charge in [-0.2, -0.15) is 0 Å². The summed E-state index contributed by atoms with van der Waals surface area (Å²) in [7, 11) is 1.74. The largest absolute Gasteiger partial charge is 0.372 e. The number of carbonyl (C=O) groups is 1. The molecule has 0 aliphatic carbocycles. The lowest BCUT2D eigenvalue weighted by Crippen LogP contribution is -2.14. The summed E-state index contributed by atoms with van der Waals surface area (Å²) in [6, 6.07) is 5.60. The van der Waals surface area contributed by atoms with Crippen molar-refractivity contribution in [1.82, 2.24) is 9.97 Å². The normalized spacial score (nSPS) is 10.1. The van der Waals surface area contributed by atoms with Gasteiger partial charge in [0.1, 0.15) is 11.5 Å². The lowest BCUT2D eigenvalue weighted by Gasteiger charge is -2.07. The minimum absolute atomic E-state index is 0.277. The highest BCUT2D eigenvalue weighted by atomic mass is 79.9. The van der Waals surface area contributed by atoms with E-state index in [0.717, 1.165) is 15.7 Å². The van der Waals surface area contributed by atoms with Crippen molar-refractivity contribution in [2.45, 2.75) is 6.92 Å². The third-order valence-corrected chi connectivity index (χ3v) is 3.45. The van der Waals surface area contributed by atoms with E-state index < -0.39 is 0 Å². The van der Waals surface area contributed by atoms with E-state index in [-0.39, 0.29) is 11.6 Å². The van der Waals surface area contributed by atoms with E-state index >= 15 is 0 Å². The van der Waals surface area contributed by atoms with Crippen LogP contribution in [0.1, 0.15) is 16.1 Å². The van der Waals surface area contributed by atoms with Gasteiger partial charge in [0.05, 0.1) is 12.4 Å². The zero-order chi connectivity index (χ0) is 13.8. The molecule has 98 valence electrons. The van der Waals surface area contributed by atoms with Crippen LogP contribution in [0.25, 0.3) is 0 Å². The molecule has 0 aliphatic heterocycles. The maximum absolute atomic E-state index is 12.0. The molecule has 2 aromatic rings. The average molecular weight is 321 g/mol. The second kappa shape index (κ2) is 5.79. The Hall–Kier alpha value is -1.95. The summed E-state index contributed by atoms with van der Waals surface area (Å²) in [5.41, 5.74) is 2.05. The molecule has 1 heterocycles. The Morgan fingerprint density at radius 3 is 2.63 bits per heavy atom. The van der Waals surface area contributed by atoms with Crippen LogP contribution in [-0.4, -0.2) is 22.9 Å². The van der Waals surface area contributed by atoms with Crippen molar-refractivity contribution in [2.75, 3.05) is 17.7 Å². The van der Waals surface area contributed by atoms with Crippen molar-refractivity contribution in [3.8, 4) is 0 Å². The molecule has 2 rings (SSSR count). The van der Waals surface area contributed by atoms with E-state index in [9.17, 15) is 4.79 Å². The number of rotatable bonds is 3. The number of aromatic nitrogens is 2. The molecule has 0 fully saturated rings. The van der Waals surface area contributed by atoms with Crippen molar-refractivity contribution >= 4 is 33.3 Å². The van der Waals surface area contributed by atoms with Gasteiger partial charge in [0, 0.05) is 17.2 Å².